The lowest BCUT2D eigenvalue weighted by Gasteiger charge is -2.08. The van der Waals surface area contributed by atoms with Gasteiger partial charge in [-0.1, -0.05) is 30.0 Å². The number of carbonyl (C=O) groups is 1. The van der Waals surface area contributed by atoms with Crippen LogP contribution >= 0.6 is 11.8 Å². The summed E-state index contributed by atoms with van der Waals surface area (Å²) >= 11 is 1.35. The SMILES string of the molecule is CC(Sc1ccccn1)C(=O)N/N=C\c1ccccc1O. The van der Waals surface area contributed by atoms with Crippen molar-refractivity contribution in [3.8, 4) is 5.75 Å². The first-order valence-electron chi connectivity index (χ1n) is 6.35. The van der Waals surface area contributed by atoms with Gasteiger partial charge in [-0.15, -0.1) is 0 Å². The normalized spacial score (nSPS) is 12.2. The van der Waals surface area contributed by atoms with Crippen LogP contribution in [-0.2, 0) is 4.79 Å². The number of amides is 1. The minimum atomic E-state index is -0.318. The summed E-state index contributed by atoms with van der Waals surface area (Å²) in [5.41, 5.74) is 2.99. The van der Waals surface area contributed by atoms with Gasteiger partial charge in [0.1, 0.15) is 5.75 Å². The van der Waals surface area contributed by atoms with Crippen molar-refractivity contribution in [3.63, 3.8) is 0 Å². The molecule has 0 aliphatic heterocycles. The average molecular weight is 301 g/mol. The molecule has 0 spiro atoms. The van der Waals surface area contributed by atoms with Gasteiger partial charge in [-0.2, -0.15) is 5.10 Å². The number of phenolic OH excluding ortho intramolecular Hbond substituents is 1. The average Bonchev–Trinajstić information content (AvgIpc) is 2.50. The Morgan fingerprint density at radius 2 is 2.10 bits per heavy atom. The molecule has 0 aliphatic rings. The monoisotopic (exact) mass is 301 g/mol. The number of nitrogens with one attached hydrogen (secondary N) is 1. The highest BCUT2D eigenvalue weighted by Crippen LogP contribution is 2.20. The van der Waals surface area contributed by atoms with Gasteiger partial charge in [-0.3, -0.25) is 4.79 Å². The Bertz CT molecular complexity index is 632. The molecule has 1 unspecified atom stereocenters. The number of aromatic hydroxyl groups is 1. The molecule has 6 heteroatoms. The number of nitrogens with zero attached hydrogens (tertiary/aromatic N) is 2. The number of benzene rings is 1. The maximum absolute atomic E-state index is 11.9. The largest absolute Gasteiger partial charge is 0.507 e. The van der Waals surface area contributed by atoms with E-state index in [1.54, 1.807) is 37.4 Å². The fourth-order valence-electron chi connectivity index (χ4n) is 1.50. The van der Waals surface area contributed by atoms with Crippen molar-refractivity contribution in [2.45, 2.75) is 17.2 Å². The van der Waals surface area contributed by atoms with Crippen molar-refractivity contribution in [2.24, 2.45) is 5.10 Å². The summed E-state index contributed by atoms with van der Waals surface area (Å²) in [7, 11) is 0. The van der Waals surface area contributed by atoms with Crippen LogP contribution in [0.2, 0.25) is 0 Å². The van der Waals surface area contributed by atoms with Crippen LogP contribution in [0.1, 0.15) is 12.5 Å². The lowest BCUT2D eigenvalue weighted by atomic mass is 10.2. The molecule has 1 aromatic carbocycles. The molecule has 5 nitrogen and oxygen atoms in total. The zero-order chi connectivity index (χ0) is 15.1. The first-order chi connectivity index (χ1) is 10.2. The number of rotatable bonds is 5. The van der Waals surface area contributed by atoms with Crippen molar-refractivity contribution >= 4 is 23.9 Å². The van der Waals surface area contributed by atoms with Crippen LogP contribution < -0.4 is 5.43 Å². The van der Waals surface area contributed by atoms with Gasteiger partial charge in [0, 0.05) is 11.8 Å². The van der Waals surface area contributed by atoms with E-state index in [0.29, 0.717) is 5.56 Å². The number of carbonyl (C=O) groups excluding carboxylic acids is 1. The zero-order valence-electron chi connectivity index (χ0n) is 11.4. The van der Waals surface area contributed by atoms with Crippen LogP contribution in [0.4, 0.5) is 0 Å². The number of para-hydroxylation sites is 1. The van der Waals surface area contributed by atoms with E-state index >= 15 is 0 Å². The lowest BCUT2D eigenvalue weighted by molar-refractivity contribution is -0.120. The predicted molar refractivity (Wildman–Crippen MR) is 83.4 cm³/mol. The molecule has 1 amide bonds. The molecule has 1 heterocycles. The van der Waals surface area contributed by atoms with Crippen LogP contribution in [0.15, 0.2) is 58.8 Å². The number of phenols is 1. The van der Waals surface area contributed by atoms with E-state index in [1.807, 2.05) is 18.2 Å². The van der Waals surface area contributed by atoms with Crippen molar-refractivity contribution in [1.82, 2.24) is 10.4 Å². The molecule has 2 rings (SSSR count). The Kier molecular flexibility index (Phi) is 5.34. The number of hydrogen-bond donors (Lipinski definition) is 2. The number of hydrazone groups is 1. The maximum atomic E-state index is 11.9. The molecule has 0 radical (unpaired) electrons. The van der Waals surface area contributed by atoms with Gasteiger partial charge in [0.2, 0.25) is 0 Å². The van der Waals surface area contributed by atoms with Gasteiger partial charge in [0.15, 0.2) is 0 Å². The second-order valence-electron chi connectivity index (χ2n) is 4.22. The maximum Gasteiger partial charge on any atom is 0.253 e. The second kappa shape index (κ2) is 7.44. The number of aromatic nitrogens is 1. The second-order valence-corrected chi connectivity index (χ2v) is 5.58. The smallest absolute Gasteiger partial charge is 0.253 e. The van der Waals surface area contributed by atoms with E-state index in [-0.39, 0.29) is 16.9 Å². The van der Waals surface area contributed by atoms with E-state index < -0.39 is 0 Å². The fourth-order valence-corrected chi connectivity index (χ4v) is 2.31. The Hall–Kier alpha value is -2.34. The molecule has 108 valence electrons. The molecular formula is C15H15N3O2S. The third-order valence-electron chi connectivity index (χ3n) is 2.62. The highest BCUT2D eigenvalue weighted by Gasteiger charge is 2.14. The van der Waals surface area contributed by atoms with Crippen LogP contribution in [-0.4, -0.2) is 27.5 Å². The first kappa shape index (κ1) is 15.1. The fraction of sp³-hybridized carbons (Fsp3) is 0.133. The van der Waals surface area contributed by atoms with E-state index in [4.69, 9.17) is 0 Å². The molecule has 0 fully saturated rings. The molecule has 0 aliphatic carbocycles. The molecule has 1 aromatic heterocycles. The van der Waals surface area contributed by atoms with Crippen LogP contribution in [0.25, 0.3) is 0 Å². The van der Waals surface area contributed by atoms with Crippen molar-refractivity contribution in [2.75, 3.05) is 0 Å². The standard InChI is InChI=1S/C15H15N3O2S/c1-11(21-14-8-4-5-9-16-14)15(20)18-17-10-12-6-2-3-7-13(12)19/h2-11,19H,1H3,(H,18,20)/b17-10-. The molecule has 0 bridgehead atoms. The van der Waals surface area contributed by atoms with Gasteiger partial charge in [-0.25, -0.2) is 10.4 Å². The zero-order valence-corrected chi connectivity index (χ0v) is 12.2. The van der Waals surface area contributed by atoms with Gasteiger partial charge < -0.3 is 5.11 Å². The third-order valence-corrected chi connectivity index (χ3v) is 3.67. The Labute approximate surface area is 127 Å². The molecule has 2 aromatic rings. The Balaban J connectivity index is 1.88. The summed E-state index contributed by atoms with van der Waals surface area (Å²) in [6.45, 7) is 1.78. The minimum absolute atomic E-state index is 0.117. The van der Waals surface area contributed by atoms with Crippen LogP contribution in [0.5, 0.6) is 5.75 Å². The Morgan fingerprint density at radius 1 is 1.33 bits per heavy atom. The van der Waals surface area contributed by atoms with E-state index in [9.17, 15) is 9.90 Å². The highest BCUT2D eigenvalue weighted by atomic mass is 32.2. The molecule has 0 saturated carbocycles. The van der Waals surface area contributed by atoms with Gasteiger partial charge >= 0.3 is 0 Å². The number of hydrogen-bond acceptors (Lipinski definition) is 5. The molecule has 1 atom stereocenters. The summed E-state index contributed by atoms with van der Waals surface area (Å²) in [6, 6.07) is 12.3. The third kappa shape index (κ3) is 4.61. The summed E-state index contributed by atoms with van der Waals surface area (Å²) in [5.74, 6) is -0.108. The quantitative estimate of drug-likeness (QED) is 0.505. The topological polar surface area (TPSA) is 74.6 Å². The summed E-state index contributed by atoms with van der Waals surface area (Å²) in [4.78, 5) is 16.0. The van der Waals surface area contributed by atoms with E-state index in [0.717, 1.165) is 5.03 Å². The predicted octanol–water partition coefficient (Wildman–Crippen LogP) is 2.42. The van der Waals surface area contributed by atoms with Gasteiger partial charge in [0.25, 0.3) is 5.91 Å². The van der Waals surface area contributed by atoms with Gasteiger partial charge in [-0.05, 0) is 31.2 Å². The summed E-state index contributed by atoms with van der Waals surface area (Å²) < 4.78 is 0. The molecule has 21 heavy (non-hydrogen) atoms. The van der Waals surface area contributed by atoms with Crippen LogP contribution in [0.3, 0.4) is 0 Å². The molecule has 0 saturated heterocycles. The van der Waals surface area contributed by atoms with E-state index in [2.05, 4.69) is 15.5 Å². The van der Waals surface area contributed by atoms with E-state index in [1.165, 1.54) is 18.0 Å². The number of thioether (sulfide) groups is 1. The van der Waals surface area contributed by atoms with Gasteiger partial charge in [0.05, 0.1) is 16.5 Å². The number of pyridine rings is 1. The first-order valence-corrected chi connectivity index (χ1v) is 7.23. The summed E-state index contributed by atoms with van der Waals surface area (Å²) in [6.07, 6.45) is 3.09. The minimum Gasteiger partial charge on any atom is -0.507 e. The van der Waals surface area contributed by atoms with Crippen molar-refractivity contribution in [1.29, 1.82) is 0 Å². The highest BCUT2D eigenvalue weighted by molar-refractivity contribution is 8.00. The Morgan fingerprint density at radius 3 is 2.81 bits per heavy atom. The van der Waals surface area contributed by atoms with Crippen molar-refractivity contribution < 1.29 is 9.90 Å². The molecule has 2 N–H and O–H groups in total. The lowest BCUT2D eigenvalue weighted by Crippen LogP contribution is -2.26. The van der Waals surface area contributed by atoms with Crippen molar-refractivity contribution in [3.05, 3.63) is 54.2 Å². The van der Waals surface area contributed by atoms with Crippen LogP contribution in [0, 0.1) is 0 Å². The summed E-state index contributed by atoms with van der Waals surface area (Å²) in [5, 5.41) is 13.9. The molecular weight excluding hydrogens is 286 g/mol.